The van der Waals surface area contributed by atoms with Crippen LogP contribution in [0.1, 0.15) is 11.1 Å². The first-order valence-electron chi connectivity index (χ1n) is 6.39. The third-order valence-corrected chi connectivity index (χ3v) is 3.10. The van der Waals surface area contributed by atoms with Crippen LogP contribution in [0.3, 0.4) is 0 Å². The van der Waals surface area contributed by atoms with Crippen LogP contribution < -0.4 is 10.6 Å². The van der Waals surface area contributed by atoms with E-state index in [1.165, 1.54) is 11.1 Å². The Labute approximate surface area is 119 Å². The minimum atomic E-state index is 0.666. The van der Waals surface area contributed by atoms with E-state index in [1.54, 1.807) is 0 Å². The van der Waals surface area contributed by atoms with Gasteiger partial charge in [-0.15, -0.1) is 0 Å². The van der Waals surface area contributed by atoms with Gasteiger partial charge in [-0.05, 0) is 43.3 Å². The topological polar surface area (TPSA) is 24.1 Å². The highest BCUT2D eigenvalue weighted by atomic mass is 32.1. The van der Waals surface area contributed by atoms with Crippen molar-refractivity contribution in [1.82, 2.24) is 5.32 Å². The predicted octanol–water partition coefficient (Wildman–Crippen LogP) is 3.52. The quantitative estimate of drug-likeness (QED) is 0.831. The van der Waals surface area contributed by atoms with Crippen LogP contribution in [0.25, 0.3) is 0 Å². The van der Waals surface area contributed by atoms with E-state index in [4.69, 9.17) is 12.2 Å². The van der Waals surface area contributed by atoms with Crippen molar-refractivity contribution in [2.45, 2.75) is 13.3 Å². The highest BCUT2D eigenvalue weighted by Gasteiger charge is 1.97. The number of thiocarbonyl (C=S) groups is 1. The number of aryl methyl sites for hydroxylation is 1. The Morgan fingerprint density at radius 1 is 1.00 bits per heavy atom. The Morgan fingerprint density at radius 3 is 2.37 bits per heavy atom. The Hall–Kier alpha value is -1.87. The first-order valence-corrected chi connectivity index (χ1v) is 6.80. The van der Waals surface area contributed by atoms with Crippen molar-refractivity contribution in [2.24, 2.45) is 0 Å². The summed E-state index contributed by atoms with van der Waals surface area (Å²) < 4.78 is 0. The molecule has 0 aromatic heterocycles. The molecule has 2 nitrogen and oxygen atoms in total. The molecule has 0 bridgehead atoms. The van der Waals surface area contributed by atoms with Gasteiger partial charge < -0.3 is 10.6 Å². The molecule has 19 heavy (non-hydrogen) atoms. The standard InChI is InChI=1S/C16H18N2S/c1-13-7-9-15(10-8-13)18-16(19)17-12-11-14-5-3-2-4-6-14/h2-10H,11-12H2,1H3,(H2,17,18,19). The van der Waals surface area contributed by atoms with Crippen LogP contribution in [0.15, 0.2) is 54.6 Å². The molecule has 98 valence electrons. The maximum Gasteiger partial charge on any atom is 0.170 e. The van der Waals surface area contributed by atoms with Gasteiger partial charge in [0.05, 0.1) is 0 Å². The first-order chi connectivity index (χ1) is 9.24. The maximum atomic E-state index is 5.26. The molecule has 0 unspecified atom stereocenters. The molecule has 0 aliphatic rings. The van der Waals surface area contributed by atoms with Crippen molar-refractivity contribution in [3.8, 4) is 0 Å². The largest absolute Gasteiger partial charge is 0.362 e. The van der Waals surface area contributed by atoms with Gasteiger partial charge in [-0.25, -0.2) is 0 Å². The average molecular weight is 270 g/mol. The number of anilines is 1. The first kappa shape index (κ1) is 13.6. The molecule has 0 heterocycles. The number of rotatable bonds is 4. The molecule has 2 aromatic carbocycles. The molecule has 0 atom stereocenters. The van der Waals surface area contributed by atoms with Crippen LogP contribution in [0.4, 0.5) is 5.69 Å². The molecule has 0 aliphatic carbocycles. The van der Waals surface area contributed by atoms with Crippen LogP contribution in [-0.2, 0) is 6.42 Å². The van der Waals surface area contributed by atoms with E-state index in [0.29, 0.717) is 5.11 Å². The van der Waals surface area contributed by atoms with Crippen molar-refractivity contribution >= 4 is 23.0 Å². The molecular weight excluding hydrogens is 252 g/mol. The summed E-state index contributed by atoms with van der Waals surface area (Å²) >= 11 is 5.26. The van der Waals surface area contributed by atoms with Crippen molar-refractivity contribution in [3.05, 3.63) is 65.7 Å². The van der Waals surface area contributed by atoms with Gasteiger partial charge in [-0.2, -0.15) is 0 Å². The van der Waals surface area contributed by atoms with Gasteiger partial charge in [0.15, 0.2) is 5.11 Å². The van der Waals surface area contributed by atoms with Crippen molar-refractivity contribution < 1.29 is 0 Å². The lowest BCUT2D eigenvalue weighted by molar-refractivity contribution is 0.873. The fraction of sp³-hybridized carbons (Fsp3) is 0.188. The Morgan fingerprint density at radius 2 is 1.68 bits per heavy atom. The summed E-state index contributed by atoms with van der Waals surface area (Å²) in [6, 6.07) is 18.6. The van der Waals surface area contributed by atoms with E-state index < -0.39 is 0 Å². The summed E-state index contributed by atoms with van der Waals surface area (Å²) in [4.78, 5) is 0. The fourth-order valence-electron chi connectivity index (χ4n) is 1.78. The van der Waals surface area contributed by atoms with E-state index in [2.05, 4.69) is 54.0 Å². The molecule has 0 saturated carbocycles. The number of hydrogen-bond acceptors (Lipinski definition) is 1. The minimum Gasteiger partial charge on any atom is -0.362 e. The minimum absolute atomic E-state index is 0.666. The molecule has 0 fully saturated rings. The van der Waals surface area contributed by atoms with Crippen LogP contribution in [0.2, 0.25) is 0 Å². The zero-order valence-electron chi connectivity index (χ0n) is 11.0. The van der Waals surface area contributed by atoms with Crippen molar-refractivity contribution in [2.75, 3.05) is 11.9 Å². The van der Waals surface area contributed by atoms with Gasteiger partial charge in [0.1, 0.15) is 0 Å². The Kier molecular flexibility index (Phi) is 4.93. The molecule has 3 heteroatoms. The normalized spacial score (nSPS) is 9.95. The van der Waals surface area contributed by atoms with Crippen LogP contribution in [-0.4, -0.2) is 11.7 Å². The Balaban J connectivity index is 1.74. The molecule has 2 rings (SSSR count). The lowest BCUT2D eigenvalue weighted by Gasteiger charge is -2.10. The second-order valence-electron chi connectivity index (χ2n) is 4.48. The summed E-state index contributed by atoms with van der Waals surface area (Å²) in [6.07, 6.45) is 0.969. The van der Waals surface area contributed by atoms with Crippen molar-refractivity contribution in [1.29, 1.82) is 0 Å². The average Bonchev–Trinajstić information content (AvgIpc) is 2.43. The zero-order chi connectivity index (χ0) is 13.5. The second-order valence-corrected chi connectivity index (χ2v) is 4.89. The highest BCUT2D eigenvalue weighted by molar-refractivity contribution is 7.80. The van der Waals surface area contributed by atoms with Crippen LogP contribution >= 0.6 is 12.2 Å². The lowest BCUT2D eigenvalue weighted by Crippen LogP contribution is -2.30. The van der Waals surface area contributed by atoms with E-state index in [9.17, 15) is 0 Å². The van der Waals surface area contributed by atoms with Gasteiger partial charge >= 0.3 is 0 Å². The highest BCUT2D eigenvalue weighted by Crippen LogP contribution is 2.08. The summed E-state index contributed by atoms with van der Waals surface area (Å²) in [7, 11) is 0. The van der Waals surface area contributed by atoms with E-state index in [1.807, 2.05) is 18.2 Å². The smallest absolute Gasteiger partial charge is 0.170 e. The molecule has 0 aliphatic heterocycles. The zero-order valence-corrected chi connectivity index (χ0v) is 11.8. The van der Waals surface area contributed by atoms with Gasteiger partial charge in [-0.1, -0.05) is 48.0 Å². The molecule has 0 saturated heterocycles. The molecule has 2 N–H and O–H groups in total. The molecular formula is C16H18N2S. The third kappa shape index (κ3) is 4.72. The monoisotopic (exact) mass is 270 g/mol. The number of hydrogen-bond donors (Lipinski definition) is 2. The SMILES string of the molecule is Cc1ccc(NC(=S)NCCc2ccccc2)cc1. The lowest BCUT2D eigenvalue weighted by atomic mass is 10.1. The van der Waals surface area contributed by atoms with Gasteiger partial charge in [0.25, 0.3) is 0 Å². The predicted molar refractivity (Wildman–Crippen MR) is 85.5 cm³/mol. The van der Waals surface area contributed by atoms with Crippen LogP contribution in [0, 0.1) is 6.92 Å². The second kappa shape index (κ2) is 6.90. The van der Waals surface area contributed by atoms with Crippen molar-refractivity contribution in [3.63, 3.8) is 0 Å². The number of benzene rings is 2. The van der Waals surface area contributed by atoms with E-state index >= 15 is 0 Å². The summed E-state index contributed by atoms with van der Waals surface area (Å²) in [5.41, 5.74) is 3.57. The summed E-state index contributed by atoms with van der Waals surface area (Å²) in [5.74, 6) is 0. The number of nitrogens with one attached hydrogen (secondary N) is 2. The van der Waals surface area contributed by atoms with Crippen LogP contribution in [0.5, 0.6) is 0 Å². The van der Waals surface area contributed by atoms with Gasteiger partial charge in [-0.3, -0.25) is 0 Å². The van der Waals surface area contributed by atoms with Gasteiger partial charge in [0, 0.05) is 12.2 Å². The third-order valence-electron chi connectivity index (χ3n) is 2.85. The molecule has 0 radical (unpaired) electrons. The summed E-state index contributed by atoms with van der Waals surface area (Å²) in [6.45, 7) is 2.90. The Bertz CT molecular complexity index is 520. The fourth-order valence-corrected chi connectivity index (χ4v) is 2.00. The summed E-state index contributed by atoms with van der Waals surface area (Å²) in [5, 5.41) is 7.06. The van der Waals surface area contributed by atoms with Gasteiger partial charge in [0.2, 0.25) is 0 Å². The molecule has 0 spiro atoms. The maximum absolute atomic E-state index is 5.26. The molecule has 0 amide bonds. The van der Waals surface area contributed by atoms with E-state index in [0.717, 1.165) is 18.7 Å². The molecule has 2 aromatic rings. The van der Waals surface area contributed by atoms with E-state index in [-0.39, 0.29) is 0 Å².